The van der Waals surface area contributed by atoms with E-state index in [0.29, 0.717) is 13.2 Å². The molecule has 0 saturated carbocycles. The number of benzene rings is 2. The second kappa shape index (κ2) is 8.07. The van der Waals surface area contributed by atoms with E-state index in [9.17, 15) is 9.18 Å². The number of carbonyl (C=O) groups is 1. The Morgan fingerprint density at radius 3 is 2.94 bits per heavy atom. The summed E-state index contributed by atoms with van der Waals surface area (Å²) < 4.78 is 22.9. The first kappa shape index (κ1) is 20.2. The Morgan fingerprint density at radius 2 is 2.10 bits per heavy atom. The van der Waals surface area contributed by atoms with Gasteiger partial charge in [-0.1, -0.05) is 18.2 Å². The average molecular weight is 438 g/mol. The van der Waals surface area contributed by atoms with Gasteiger partial charge in [-0.15, -0.1) is 11.3 Å². The second-order valence-corrected chi connectivity index (χ2v) is 8.99. The minimum atomic E-state index is -0.224. The molecular formula is C24H24FN3O2S. The lowest BCUT2D eigenvalue weighted by Gasteiger charge is -2.33. The number of ether oxygens (including phenoxy) is 1. The quantitative estimate of drug-likeness (QED) is 0.513. The molecule has 5 nitrogen and oxygen atoms in total. The number of hydrogen-bond acceptors (Lipinski definition) is 4. The number of hydrogen-bond donors (Lipinski definition) is 1. The Kier molecular flexibility index (Phi) is 5.25. The van der Waals surface area contributed by atoms with Gasteiger partial charge in [-0.2, -0.15) is 0 Å². The van der Waals surface area contributed by atoms with Crippen LogP contribution in [0.25, 0.3) is 21.0 Å². The molecular weight excluding hydrogens is 413 g/mol. The fourth-order valence-corrected chi connectivity index (χ4v) is 5.70. The molecule has 1 atom stereocenters. The zero-order chi connectivity index (χ0) is 21.5. The van der Waals surface area contributed by atoms with E-state index in [4.69, 9.17) is 4.74 Å². The molecule has 0 bridgehead atoms. The van der Waals surface area contributed by atoms with Gasteiger partial charge in [0.2, 0.25) is 0 Å². The molecule has 7 heteroatoms. The van der Waals surface area contributed by atoms with Crippen molar-refractivity contribution in [2.75, 3.05) is 26.7 Å². The molecule has 1 N–H and O–H groups in total. The van der Waals surface area contributed by atoms with Crippen molar-refractivity contribution < 1.29 is 13.9 Å². The number of rotatable bonds is 4. The summed E-state index contributed by atoms with van der Waals surface area (Å²) in [5.41, 5.74) is 3.04. The highest BCUT2D eigenvalue weighted by atomic mass is 32.1. The number of aryl methyl sites for hydroxylation is 1. The maximum atomic E-state index is 13.7. The van der Waals surface area contributed by atoms with Crippen molar-refractivity contribution in [3.05, 3.63) is 70.5 Å². The molecule has 5 rings (SSSR count). The predicted octanol–water partition coefficient (Wildman–Crippen LogP) is 4.47. The van der Waals surface area contributed by atoms with E-state index in [-0.39, 0.29) is 17.8 Å². The van der Waals surface area contributed by atoms with Gasteiger partial charge in [0.15, 0.2) is 0 Å². The van der Waals surface area contributed by atoms with Gasteiger partial charge < -0.3 is 14.6 Å². The maximum absolute atomic E-state index is 13.7. The summed E-state index contributed by atoms with van der Waals surface area (Å²) in [5, 5.41) is 4.92. The summed E-state index contributed by atoms with van der Waals surface area (Å²) in [6, 6.07) is 13.1. The van der Waals surface area contributed by atoms with Gasteiger partial charge in [0.05, 0.1) is 23.1 Å². The van der Waals surface area contributed by atoms with E-state index in [2.05, 4.69) is 22.5 Å². The molecule has 31 heavy (non-hydrogen) atoms. The van der Waals surface area contributed by atoms with Crippen molar-refractivity contribution >= 4 is 38.2 Å². The van der Waals surface area contributed by atoms with Gasteiger partial charge in [-0.25, -0.2) is 4.39 Å². The Labute approximate surface area is 184 Å². The summed E-state index contributed by atoms with van der Waals surface area (Å²) in [6.45, 7) is 2.86. The Hall–Kier alpha value is -2.74. The van der Waals surface area contributed by atoms with E-state index >= 15 is 0 Å². The van der Waals surface area contributed by atoms with Crippen LogP contribution >= 0.6 is 11.3 Å². The van der Waals surface area contributed by atoms with Crippen molar-refractivity contribution in [1.29, 1.82) is 0 Å². The molecule has 0 aliphatic carbocycles. The molecule has 1 aliphatic rings. The van der Waals surface area contributed by atoms with Gasteiger partial charge in [-0.3, -0.25) is 9.69 Å². The Bertz CT molecular complexity index is 1280. The van der Waals surface area contributed by atoms with Crippen LogP contribution in [0, 0.1) is 5.82 Å². The molecule has 3 heterocycles. The monoisotopic (exact) mass is 437 g/mol. The highest BCUT2D eigenvalue weighted by molar-refractivity contribution is 7.21. The van der Waals surface area contributed by atoms with E-state index < -0.39 is 0 Å². The minimum absolute atomic E-state index is 0.0759. The predicted molar refractivity (Wildman–Crippen MR) is 122 cm³/mol. The van der Waals surface area contributed by atoms with Crippen LogP contribution < -0.4 is 5.32 Å². The molecule has 4 aromatic rings. The minimum Gasteiger partial charge on any atom is -0.371 e. The second-order valence-electron chi connectivity index (χ2n) is 7.94. The number of thiophene rings is 1. The van der Waals surface area contributed by atoms with Crippen molar-refractivity contribution in [3.8, 4) is 0 Å². The molecule has 2 aromatic carbocycles. The molecule has 0 radical (unpaired) electrons. The maximum Gasteiger partial charge on any atom is 0.261 e. The van der Waals surface area contributed by atoms with Crippen LogP contribution in [-0.2, 0) is 18.3 Å². The number of nitrogens with one attached hydrogen (secondary N) is 1. The van der Waals surface area contributed by atoms with E-state index in [1.54, 1.807) is 13.1 Å². The normalized spacial score (nSPS) is 17.5. The van der Waals surface area contributed by atoms with Gasteiger partial charge in [0.1, 0.15) is 5.82 Å². The summed E-state index contributed by atoms with van der Waals surface area (Å²) in [7, 11) is 3.61. The third-order valence-corrected chi connectivity index (χ3v) is 7.15. The SMILES string of the molecule is CNC(=O)c1sc2ccccc2c1[C@@H]1CN(Cc2cn(C)c3cc(F)ccc23)CCO1. The third kappa shape index (κ3) is 3.63. The first-order valence-corrected chi connectivity index (χ1v) is 11.2. The molecule has 1 aliphatic heterocycles. The number of halogens is 1. The first-order chi connectivity index (χ1) is 15.0. The zero-order valence-electron chi connectivity index (χ0n) is 17.5. The molecule has 1 amide bonds. The smallest absolute Gasteiger partial charge is 0.261 e. The van der Waals surface area contributed by atoms with Crippen LogP contribution in [-0.4, -0.2) is 42.1 Å². The van der Waals surface area contributed by atoms with Crippen molar-refractivity contribution in [3.63, 3.8) is 0 Å². The van der Waals surface area contributed by atoms with Gasteiger partial charge in [0, 0.05) is 55.6 Å². The summed E-state index contributed by atoms with van der Waals surface area (Å²) in [4.78, 5) is 15.7. The number of fused-ring (bicyclic) bond motifs is 2. The molecule has 1 fully saturated rings. The summed E-state index contributed by atoms with van der Waals surface area (Å²) >= 11 is 1.51. The van der Waals surface area contributed by atoms with Crippen molar-refractivity contribution in [2.24, 2.45) is 7.05 Å². The van der Waals surface area contributed by atoms with Crippen LogP contribution in [0.15, 0.2) is 48.7 Å². The highest BCUT2D eigenvalue weighted by Crippen LogP contribution is 2.38. The van der Waals surface area contributed by atoms with E-state index in [1.807, 2.05) is 35.9 Å². The number of nitrogens with zero attached hydrogens (tertiary/aromatic N) is 2. The summed E-state index contributed by atoms with van der Waals surface area (Å²) in [6.07, 6.45) is 1.90. The number of morpholine rings is 1. The lowest BCUT2D eigenvalue weighted by molar-refractivity contribution is -0.0322. The lowest BCUT2D eigenvalue weighted by Crippen LogP contribution is -2.38. The van der Waals surface area contributed by atoms with Crippen molar-refractivity contribution in [2.45, 2.75) is 12.6 Å². The fraction of sp³-hybridized carbons (Fsp3) is 0.292. The fourth-order valence-electron chi connectivity index (χ4n) is 4.50. The standard InChI is InChI=1S/C24H24FN3O2S/c1-26-24(29)23-22(18-5-3-4-6-21(18)31-23)20-14-28(9-10-30-20)13-15-12-27(2)19-11-16(25)7-8-17(15)19/h3-8,11-12,20H,9-10,13-14H2,1-2H3,(H,26,29)/t20-/m0/s1. The van der Waals surface area contributed by atoms with E-state index in [0.717, 1.165) is 44.5 Å². The molecule has 1 saturated heterocycles. The van der Waals surface area contributed by atoms with Crippen molar-refractivity contribution in [1.82, 2.24) is 14.8 Å². The number of aromatic nitrogens is 1. The lowest BCUT2D eigenvalue weighted by atomic mass is 10.0. The largest absolute Gasteiger partial charge is 0.371 e. The van der Waals surface area contributed by atoms with Crippen LogP contribution in [0.2, 0.25) is 0 Å². The average Bonchev–Trinajstić information content (AvgIpc) is 3.31. The zero-order valence-corrected chi connectivity index (χ0v) is 18.3. The third-order valence-electron chi connectivity index (χ3n) is 5.97. The van der Waals surface area contributed by atoms with Crippen LogP contribution in [0.1, 0.15) is 26.9 Å². The first-order valence-electron chi connectivity index (χ1n) is 10.4. The number of amides is 1. The Balaban J connectivity index is 1.46. The van der Waals surface area contributed by atoms with Crippen LogP contribution in [0.5, 0.6) is 0 Å². The van der Waals surface area contributed by atoms with Gasteiger partial charge in [0.25, 0.3) is 5.91 Å². The van der Waals surface area contributed by atoms with E-state index in [1.165, 1.54) is 23.0 Å². The molecule has 0 unspecified atom stereocenters. The van der Waals surface area contributed by atoms with Gasteiger partial charge in [-0.05, 0) is 35.2 Å². The number of carbonyl (C=O) groups excluding carboxylic acids is 1. The molecule has 0 spiro atoms. The molecule has 160 valence electrons. The van der Waals surface area contributed by atoms with Crippen LogP contribution in [0.3, 0.4) is 0 Å². The van der Waals surface area contributed by atoms with Gasteiger partial charge >= 0.3 is 0 Å². The topological polar surface area (TPSA) is 46.5 Å². The summed E-state index contributed by atoms with van der Waals surface area (Å²) in [5.74, 6) is -0.300. The Morgan fingerprint density at radius 1 is 1.26 bits per heavy atom. The van der Waals surface area contributed by atoms with Crippen LogP contribution in [0.4, 0.5) is 4.39 Å². The highest BCUT2D eigenvalue weighted by Gasteiger charge is 2.29. The molecule has 2 aromatic heterocycles.